The van der Waals surface area contributed by atoms with Crippen LogP contribution in [0.5, 0.6) is 0 Å². The Bertz CT molecular complexity index is 419. The van der Waals surface area contributed by atoms with Gasteiger partial charge in [-0.1, -0.05) is 20.8 Å². The molecule has 0 radical (unpaired) electrons. The van der Waals surface area contributed by atoms with Crippen LogP contribution < -0.4 is 10.6 Å². The summed E-state index contributed by atoms with van der Waals surface area (Å²) < 4.78 is 38.8. The van der Waals surface area contributed by atoms with Crippen molar-refractivity contribution in [1.29, 1.82) is 0 Å². The number of hydrogen-bond acceptors (Lipinski definition) is 2. The van der Waals surface area contributed by atoms with Gasteiger partial charge in [-0.05, 0) is 23.6 Å². The van der Waals surface area contributed by atoms with E-state index in [1.54, 1.807) is 11.9 Å². The Morgan fingerprint density at radius 1 is 1.17 bits per heavy atom. The highest BCUT2D eigenvalue weighted by Gasteiger charge is 2.35. The summed E-state index contributed by atoms with van der Waals surface area (Å²) in [5.74, 6) is 0. The highest BCUT2D eigenvalue weighted by atomic mass is 19.4. The lowest BCUT2D eigenvalue weighted by Gasteiger charge is -2.30. The summed E-state index contributed by atoms with van der Waals surface area (Å²) >= 11 is 0. The van der Waals surface area contributed by atoms with Gasteiger partial charge in [0.05, 0.1) is 5.56 Å². The maximum Gasteiger partial charge on any atom is 0.418 e. The lowest BCUT2D eigenvalue weighted by Crippen LogP contribution is -2.30. The minimum atomic E-state index is -4.39. The Balaban J connectivity index is 3.16. The van der Waals surface area contributed by atoms with Crippen LogP contribution in [0.15, 0.2) is 18.2 Å². The zero-order valence-corrected chi connectivity index (χ0v) is 11.1. The quantitative estimate of drug-likeness (QED) is 0.820. The molecule has 0 atom stereocenters. The van der Waals surface area contributed by atoms with E-state index in [4.69, 9.17) is 5.73 Å². The van der Waals surface area contributed by atoms with Crippen LogP contribution in [0.1, 0.15) is 26.3 Å². The summed E-state index contributed by atoms with van der Waals surface area (Å²) in [6.45, 7) is 6.47. The second kappa shape index (κ2) is 4.71. The van der Waals surface area contributed by atoms with E-state index in [1.807, 2.05) is 20.8 Å². The van der Waals surface area contributed by atoms with Crippen LogP contribution in [0.3, 0.4) is 0 Å². The van der Waals surface area contributed by atoms with Crippen molar-refractivity contribution in [3.8, 4) is 0 Å². The molecule has 102 valence electrons. The number of nitrogens with zero attached hydrogens (tertiary/aromatic N) is 1. The third-order valence-corrected chi connectivity index (χ3v) is 2.45. The number of halogens is 3. The van der Waals surface area contributed by atoms with E-state index in [1.165, 1.54) is 12.1 Å². The molecule has 1 rings (SSSR count). The lowest BCUT2D eigenvalue weighted by atomic mass is 9.95. The smallest absolute Gasteiger partial charge is 0.399 e. The Morgan fingerprint density at radius 2 is 1.72 bits per heavy atom. The molecule has 2 N–H and O–H groups in total. The van der Waals surface area contributed by atoms with Crippen LogP contribution in [0, 0.1) is 5.41 Å². The first-order valence-electron chi connectivity index (χ1n) is 5.68. The second-order valence-corrected chi connectivity index (χ2v) is 5.69. The van der Waals surface area contributed by atoms with Crippen LogP contribution in [-0.2, 0) is 6.18 Å². The number of nitrogens with two attached hydrogens (primary N) is 1. The molecule has 0 aliphatic rings. The first-order valence-corrected chi connectivity index (χ1v) is 5.68. The Kier molecular flexibility index (Phi) is 3.84. The highest BCUT2D eigenvalue weighted by molar-refractivity contribution is 5.60. The van der Waals surface area contributed by atoms with Crippen LogP contribution in [-0.4, -0.2) is 13.6 Å². The van der Waals surface area contributed by atoms with Crippen LogP contribution in [0.4, 0.5) is 24.5 Å². The summed E-state index contributed by atoms with van der Waals surface area (Å²) in [4.78, 5) is 1.61. The first kappa shape index (κ1) is 14.7. The molecule has 18 heavy (non-hydrogen) atoms. The van der Waals surface area contributed by atoms with Gasteiger partial charge in [0.2, 0.25) is 0 Å². The van der Waals surface area contributed by atoms with E-state index in [-0.39, 0.29) is 16.8 Å². The number of nitrogen functional groups attached to an aromatic ring is 1. The van der Waals surface area contributed by atoms with Crippen molar-refractivity contribution in [3.63, 3.8) is 0 Å². The van der Waals surface area contributed by atoms with E-state index < -0.39 is 11.7 Å². The summed E-state index contributed by atoms with van der Waals surface area (Å²) in [7, 11) is 1.66. The number of alkyl halides is 3. The van der Waals surface area contributed by atoms with Gasteiger partial charge in [0.15, 0.2) is 0 Å². The molecule has 0 fully saturated rings. The minimum absolute atomic E-state index is 0.0843. The Morgan fingerprint density at radius 3 is 2.17 bits per heavy atom. The fourth-order valence-corrected chi connectivity index (χ4v) is 1.91. The monoisotopic (exact) mass is 260 g/mol. The predicted molar refractivity (Wildman–Crippen MR) is 68.6 cm³/mol. The molecule has 1 aromatic carbocycles. The van der Waals surface area contributed by atoms with Gasteiger partial charge in [-0.2, -0.15) is 13.2 Å². The van der Waals surface area contributed by atoms with Gasteiger partial charge < -0.3 is 10.6 Å². The fraction of sp³-hybridized carbons (Fsp3) is 0.538. The van der Waals surface area contributed by atoms with Crippen LogP contribution in [0.2, 0.25) is 0 Å². The molecular formula is C13H19F3N2. The van der Waals surface area contributed by atoms with Gasteiger partial charge in [0, 0.05) is 25.0 Å². The molecule has 1 aromatic rings. The zero-order chi connectivity index (χ0) is 14.1. The largest absolute Gasteiger partial charge is 0.418 e. The number of hydrogen-bond donors (Lipinski definition) is 1. The fourth-order valence-electron chi connectivity index (χ4n) is 1.91. The molecule has 0 aromatic heterocycles. The first-order chi connectivity index (χ1) is 8.00. The lowest BCUT2D eigenvalue weighted by molar-refractivity contribution is -0.137. The molecule has 0 heterocycles. The summed E-state index contributed by atoms with van der Waals surface area (Å²) in [6, 6.07) is 3.89. The summed E-state index contributed by atoms with van der Waals surface area (Å²) in [5, 5.41) is 0. The topological polar surface area (TPSA) is 29.3 Å². The van der Waals surface area contributed by atoms with Gasteiger partial charge in [-0.3, -0.25) is 0 Å². The second-order valence-electron chi connectivity index (χ2n) is 5.69. The van der Waals surface area contributed by atoms with Crippen molar-refractivity contribution in [2.45, 2.75) is 26.9 Å². The zero-order valence-electron chi connectivity index (χ0n) is 11.1. The molecule has 2 nitrogen and oxygen atoms in total. The van der Waals surface area contributed by atoms with Crippen molar-refractivity contribution in [3.05, 3.63) is 23.8 Å². The Labute approximate surface area is 106 Å². The molecule has 5 heteroatoms. The highest BCUT2D eigenvalue weighted by Crippen LogP contribution is 2.38. The molecular weight excluding hydrogens is 241 g/mol. The van der Waals surface area contributed by atoms with Gasteiger partial charge >= 0.3 is 6.18 Å². The summed E-state index contributed by atoms with van der Waals surface area (Å²) in [6.07, 6.45) is -4.39. The normalized spacial score (nSPS) is 12.6. The van der Waals surface area contributed by atoms with Gasteiger partial charge in [0.25, 0.3) is 0 Å². The third kappa shape index (κ3) is 3.82. The van der Waals surface area contributed by atoms with E-state index in [0.29, 0.717) is 6.54 Å². The maximum atomic E-state index is 12.9. The SMILES string of the molecule is CN(CC(C)(C)C)c1ccc(N)cc1C(F)(F)F. The van der Waals surface area contributed by atoms with Crippen molar-refractivity contribution in [2.24, 2.45) is 5.41 Å². The van der Waals surface area contributed by atoms with Crippen LogP contribution >= 0.6 is 0 Å². The van der Waals surface area contributed by atoms with E-state index in [2.05, 4.69) is 0 Å². The van der Waals surface area contributed by atoms with E-state index >= 15 is 0 Å². The van der Waals surface area contributed by atoms with Gasteiger partial charge in [0.1, 0.15) is 0 Å². The average Bonchev–Trinajstić information content (AvgIpc) is 2.13. The molecule has 0 spiro atoms. The van der Waals surface area contributed by atoms with Crippen molar-refractivity contribution in [2.75, 3.05) is 24.2 Å². The molecule has 0 unspecified atom stereocenters. The standard InChI is InChI=1S/C13H19F3N2/c1-12(2,3)8-18(4)11-6-5-9(17)7-10(11)13(14,15)16/h5-7H,8,17H2,1-4H3. The maximum absolute atomic E-state index is 12.9. The van der Waals surface area contributed by atoms with Crippen molar-refractivity contribution in [1.82, 2.24) is 0 Å². The molecule has 0 saturated heterocycles. The number of benzene rings is 1. The third-order valence-electron chi connectivity index (χ3n) is 2.45. The number of anilines is 2. The van der Waals surface area contributed by atoms with E-state index in [0.717, 1.165) is 6.07 Å². The minimum Gasteiger partial charge on any atom is -0.399 e. The van der Waals surface area contributed by atoms with E-state index in [9.17, 15) is 13.2 Å². The van der Waals surface area contributed by atoms with Gasteiger partial charge in [-0.25, -0.2) is 0 Å². The molecule has 0 bridgehead atoms. The molecule has 0 aliphatic heterocycles. The molecule has 0 amide bonds. The summed E-state index contributed by atoms with van der Waals surface area (Å²) in [5.41, 5.74) is 4.94. The average molecular weight is 260 g/mol. The Hall–Kier alpha value is -1.39. The number of rotatable bonds is 2. The predicted octanol–water partition coefficient (Wildman–Crippen LogP) is 3.77. The van der Waals surface area contributed by atoms with Crippen molar-refractivity contribution >= 4 is 11.4 Å². The van der Waals surface area contributed by atoms with Crippen LogP contribution in [0.25, 0.3) is 0 Å². The van der Waals surface area contributed by atoms with Crippen molar-refractivity contribution < 1.29 is 13.2 Å². The molecule has 0 saturated carbocycles. The van der Waals surface area contributed by atoms with Gasteiger partial charge in [-0.15, -0.1) is 0 Å². The molecule has 0 aliphatic carbocycles.